The molecule has 4 atom stereocenters. The fourth-order valence-electron chi connectivity index (χ4n) is 3.95. The Hall–Kier alpha value is -1.62. The van der Waals surface area contributed by atoms with Crippen molar-refractivity contribution in [3.05, 3.63) is 64.4 Å². The maximum Gasteiger partial charge on any atom is 0.148 e. The van der Waals surface area contributed by atoms with E-state index in [1.54, 1.807) is 0 Å². The van der Waals surface area contributed by atoms with Crippen molar-refractivity contribution in [1.82, 2.24) is 0 Å². The Morgan fingerprint density at radius 1 is 1.21 bits per heavy atom. The molecule has 3 N–H and O–H groups in total. The first kappa shape index (κ1) is 15.9. The summed E-state index contributed by atoms with van der Waals surface area (Å²) in [6.45, 7) is 0.477. The lowest BCUT2D eigenvalue weighted by Gasteiger charge is -2.45. The molecule has 0 aliphatic carbocycles. The highest BCUT2D eigenvalue weighted by molar-refractivity contribution is 6.30. The van der Waals surface area contributed by atoms with Gasteiger partial charge in [-0.15, -0.1) is 0 Å². The number of nitrogens with one attached hydrogen (secondary N) is 1. The van der Waals surface area contributed by atoms with Crippen LogP contribution in [0, 0.1) is 11.7 Å². The van der Waals surface area contributed by atoms with E-state index in [0.717, 1.165) is 24.0 Å². The highest BCUT2D eigenvalue weighted by Crippen LogP contribution is 2.51. The lowest BCUT2D eigenvalue weighted by molar-refractivity contribution is -0.0888. The molecule has 126 valence electrons. The molecule has 0 saturated carbocycles. The third-order valence-corrected chi connectivity index (χ3v) is 5.31. The average Bonchev–Trinajstić information content (AvgIpc) is 2.61. The van der Waals surface area contributed by atoms with E-state index in [2.05, 4.69) is 17.4 Å². The van der Waals surface area contributed by atoms with E-state index in [4.69, 9.17) is 22.1 Å². The van der Waals surface area contributed by atoms with Crippen LogP contribution in [0.1, 0.15) is 36.1 Å². The maximum atomic E-state index is 14.5. The summed E-state index contributed by atoms with van der Waals surface area (Å²) >= 11 is 6.09. The largest absolute Gasteiger partial charge is 0.375 e. The predicted molar refractivity (Wildman–Crippen MR) is 93.6 cm³/mol. The molecule has 24 heavy (non-hydrogen) atoms. The Balaban J connectivity index is 1.80. The summed E-state index contributed by atoms with van der Waals surface area (Å²) in [5, 5.41) is 3.79. The number of nitrogens with two attached hydrogens (primary N) is 1. The van der Waals surface area contributed by atoms with Crippen molar-refractivity contribution >= 4 is 17.3 Å². The van der Waals surface area contributed by atoms with Gasteiger partial charge in [-0.3, -0.25) is 0 Å². The number of halogens is 2. The van der Waals surface area contributed by atoms with Gasteiger partial charge in [0.15, 0.2) is 0 Å². The van der Waals surface area contributed by atoms with Gasteiger partial charge in [0, 0.05) is 23.0 Å². The standard InChI is InChI=1S/C19H20ClFN2O/c20-12-8-15-18(16(21)9-12)23-17(11-4-2-1-3-5-11)14-7-6-13(10-22)24-19(14)15/h1-5,8-9,13-14,17,19,23H,6-7,10,22H2/t13-,14+,17+,19+/m1/s1. The maximum absolute atomic E-state index is 14.5. The van der Waals surface area contributed by atoms with Crippen LogP contribution < -0.4 is 11.1 Å². The highest BCUT2D eigenvalue weighted by atomic mass is 35.5. The molecule has 5 heteroatoms. The molecule has 1 saturated heterocycles. The van der Waals surface area contributed by atoms with Crippen LogP contribution in [-0.4, -0.2) is 12.6 Å². The topological polar surface area (TPSA) is 47.3 Å². The Kier molecular flexibility index (Phi) is 4.21. The van der Waals surface area contributed by atoms with E-state index in [0.29, 0.717) is 17.3 Å². The molecule has 2 heterocycles. The molecule has 2 aromatic rings. The average molecular weight is 347 g/mol. The third kappa shape index (κ3) is 2.69. The number of hydrogen-bond acceptors (Lipinski definition) is 3. The number of benzene rings is 2. The van der Waals surface area contributed by atoms with Gasteiger partial charge < -0.3 is 15.8 Å². The minimum absolute atomic E-state index is 0.00988. The predicted octanol–water partition coefficient (Wildman–Crippen LogP) is 4.44. The van der Waals surface area contributed by atoms with Crippen LogP contribution in [0.25, 0.3) is 0 Å². The van der Waals surface area contributed by atoms with Gasteiger partial charge >= 0.3 is 0 Å². The molecule has 1 fully saturated rings. The summed E-state index contributed by atoms with van der Waals surface area (Å²) in [7, 11) is 0. The number of ether oxygens (including phenoxy) is 1. The van der Waals surface area contributed by atoms with Gasteiger partial charge in [0.05, 0.1) is 23.9 Å². The molecular formula is C19H20ClFN2O. The van der Waals surface area contributed by atoms with Crippen molar-refractivity contribution in [3.63, 3.8) is 0 Å². The fourth-order valence-corrected chi connectivity index (χ4v) is 4.16. The second kappa shape index (κ2) is 6.36. The third-order valence-electron chi connectivity index (χ3n) is 5.09. The summed E-state index contributed by atoms with van der Waals surface area (Å²) in [5.74, 6) is -0.115. The number of fused-ring (bicyclic) bond motifs is 3. The van der Waals surface area contributed by atoms with Crippen LogP contribution in [0.4, 0.5) is 10.1 Å². The van der Waals surface area contributed by atoms with E-state index in [9.17, 15) is 4.39 Å². The van der Waals surface area contributed by atoms with Gasteiger partial charge in [0.2, 0.25) is 0 Å². The van der Waals surface area contributed by atoms with Gasteiger partial charge in [-0.2, -0.15) is 0 Å². The molecule has 0 spiro atoms. The second-order valence-corrected chi connectivity index (χ2v) is 6.98. The molecule has 2 aromatic carbocycles. The Bertz CT molecular complexity index is 740. The first-order valence-electron chi connectivity index (χ1n) is 8.33. The summed E-state index contributed by atoms with van der Waals surface area (Å²) in [6, 6.07) is 13.3. The van der Waals surface area contributed by atoms with Crippen molar-refractivity contribution in [1.29, 1.82) is 0 Å². The Labute approximate surface area is 146 Å². The molecule has 0 unspecified atom stereocenters. The first-order valence-corrected chi connectivity index (χ1v) is 8.71. The summed E-state index contributed by atoms with van der Waals surface area (Å²) < 4.78 is 20.8. The van der Waals surface area contributed by atoms with Gasteiger partial charge in [-0.05, 0) is 30.5 Å². The van der Waals surface area contributed by atoms with Crippen LogP contribution in [0.3, 0.4) is 0 Å². The molecule has 4 rings (SSSR count). The van der Waals surface area contributed by atoms with Gasteiger partial charge in [0.25, 0.3) is 0 Å². The van der Waals surface area contributed by atoms with Crippen LogP contribution in [-0.2, 0) is 4.74 Å². The van der Waals surface area contributed by atoms with Crippen molar-refractivity contribution in [2.75, 3.05) is 11.9 Å². The van der Waals surface area contributed by atoms with Crippen molar-refractivity contribution < 1.29 is 9.13 Å². The molecule has 0 bridgehead atoms. The van der Waals surface area contributed by atoms with Crippen LogP contribution >= 0.6 is 11.6 Å². The SMILES string of the molecule is NC[C@H]1CC[C@@H]2[C@H](O1)c1cc(Cl)cc(F)c1N[C@H]2c1ccccc1. The number of hydrogen-bond donors (Lipinski definition) is 2. The molecule has 2 aliphatic rings. The smallest absolute Gasteiger partial charge is 0.148 e. The van der Waals surface area contributed by atoms with Crippen molar-refractivity contribution in [2.24, 2.45) is 11.7 Å². The molecular weight excluding hydrogens is 327 g/mol. The van der Waals surface area contributed by atoms with Crippen LogP contribution in [0.5, 0.6) is 0 Å². The Morgan fingerprint density at radius 3 is 2.75 bits per heavy atom. The van der Waals surface area contributed by atoms with E-state index in [-0.39, 0.29) is 30.0 Å². The van der Waals surface area contributed by atoms with Gasteiger partial charge in [-0.25, -0.2) is 4.39 Å². The number of rotatable bonds is 2. The molecule has 3 nitrogen and oxygen atoms in total. The molecule has 0 aromatic heterocycles. The molecule has 2 aliphatic heterocycles. The van der Waals surface area contributed by atoms with E-state index < -0.39 is 0 Å². The van der Waals surface area contributed by atoms with Gasteiger partial charge in [-0.1, -0.05) is 41.9 Å². The molecule has 0 radical (unpaired) electrons. The van der Waals surface area contributed by atoms with E-state index >= 15 is 0 Å². The first-order chi connectivity index (χ1) is 11.7. The summed E-state index contributed by atoms with van der Waals surface area (Å²) in [4.78, 5) is 0. The lowest BCUT2D eigenvalue weighted by Crippen LogP contribution is -2.41. The Morgan fingerprint density at radius 2 is 2.00 bits per heavy atom. The van der Waals surface area contributed by atoms with Crippen LogP contribution in [0.2, 0.25) is 5.02 Å². The minimum atomic E-state index is -0.338. The highest BCUT2D eigenvalue weighted by Gasteiger charge is 2.43. The van der Waals surface area contributed by atoms with Gasteiger partial charge in [0.1, 0.15) is 5.82 Å². The second-order valence-electron chi connectivity index (χ2n) is 6.54. The zero-order chi connectivity index (χ0) is 16.7. The lowest BCUT2D eigenvalue weighted by atomic mass is 9.76. The van der Waals surface area contributed by atoms with Crippen molar-refractivity contribution in [2.45, 2.75) is 31.1 Å². The van der Waals surface area contributed by atoms with E-state index in [1.807, 2.05) is 24.3 Å². The summed E-state index contributed by atoms with van der Waals surface area (Å²) in [6.07, 6.45) is 1.71. The quantitative estimate of drug-likeness (QED) is 0.845. The monoisotopic (exact) mass is 346 g/mol. The normalized spacial score (nSPS) is 28.6. The van der Waals surface area contributed by atoms with Crippen molar-refractivity contribution in [3.8, 4) is 0 Å². The van der Waals surface area contributed by atoms with E-state index in [1.165, 1.54) is 6.07 Å². The summed E-state index contributed by atoms with van der Waals surface area (Å²) in [5.41, 5.74) is 8.24. The molecule has 0 amide bonds. The fraction of sp³-hybridized carbons (Fsp3) is 0.368. The zero-order valence-electron chi connectivity index (χ0n) is 13.2. The zero-order valence-corrected chi connectivity index (χ0v) is 14.0. The number of anilines is 1. The minimum Gasteiger partial charge on any atom is -0.375 e. The van der Waals surface area contributed by atoms with Crippen LogP contribution in [0.15, 0.2) is 42.5 Å².